The molecule has 0 amide bonds. The largest absolute Gasteiger partial charge is 0.327 e. The first-order valence-corrected chi connectivity index (χ1v) is 39.3. The predicted octanol–water partition coefficient (Wildman–Crippen LogP) is 17.0. The van der Waals surface area contributed by atoms with Gasteiger partial charge in [0.25, 0.3) is 0 Å². The minimum atomic E-state index is 0.0151. The van der Waals surface area contributed by atoms with Crippen LogP contribution >= 0.6 is 0 Å². The van der Waals surface area contributed by atoms with Crippen molar-refractivity contribution in [3.63, 3.8) is 0 Å². The van der Waals surface area contributed by atoms with Gasteiger partial charge in [0.05, 0.1) is 0 Å². The van der Waals surface area contributed by atoms with E-state index in [4.69, 9.17) is 51.6 Å². The number of benzene rings is 6. The highest BCUT2D eigenvalue weighted by Gasteiger charge is 2.49. The monoisotopic (exact) mass is 1310 g/mol. The molecule has 16 fully saturated rings. The van der Waals surface area contributed by atoms with Gasteiger partial charge in [-0.2, -0.15) is 0 Å². The van der Waals surface area contributed by atoms with Crippen LogP contribution in [0.3, 0.4) is 0 Å². The number of nitrogens with two attached hydrogens (primary N) is 9. The molecule has 10 bridgehead atoms. The lowest BCUT2D eigenvalue weighted by molar-refractivity contribution is 0.000282. The maximum absolute atomic E-state index is 6.32. The fraction of sp³-hybridized carbons (Fsp3) is 0.591. The van der Waals surface area contributed by atoms with Crippen LogP contribution in [0.4, 0.5) is 0 Å². The van der Waals surface area contributed by atoms with Gasteiger partial charge in [-0.15, -0.1) is 0 Å². The lowest BCUT2D eigenvalue weighted by Gasteiger charge is -2.55. The molecule has 18 N–H and O–H groups in total. The molecule has 9 nitrogen and oxygen atoms in total. The lowest BCUT2D eigenvalue weighted by atomic mass is 9.53. The number of hydrogen-bond donors (Lipinski definition) is 9. The summed E-state index contributed by atoms with van der Waals surface area (Å²) in [5.74, 6) is 11.6. The molecule has 22 rings (SSSR count). The van der Waals surface area contributed by atoms with Crippen molar-refractivity contribution in [2.75, 3.05) is 0 Å². The fourth-order valence-electron chi connectivity index (χ4n) is 20.3. The fourth-order valence-corrected chi connectivity index (χ4v) is 20.3. The van der Waals surface area contributed by atoms with Crippen molar-refractivity contribution < 1.29 is 0 Å². The Bertz CT molecular complexity index is 3160. The molecule has 0 aromatic heterocycles. The molecule has 10 atom stereocenters. The molecule has 9 heteroatoms. The third-order valence-corrected chi connectivity index (χ3v) is 26.1. The van der Waals surface area contributed by atoms with Gasteiger partial charge in [0.15, 0.2) is 0 Å². The maximum Gasteiger partial charge on any atom is 0.0411 e. The molecule has 0 spiro atoms. The summed E-state index contributed by atoms with van der Waals surface area (Å²) in [6.45, 7) is 0. The molecule has 16 saturated carbocycles. The first-order valence-electron chi connectivity index (χ1n) is 39.3. The molecule has 524 valence electrons. The predicted molar refractivity (Wildman–Crippen MR) is 406 cm³/mol. The van der Waals surface area contributed by atoms with Gasteiger partial charge in [-0.3, -0.25) is 0 Å². The quantitative estimate of drug-likeness (QED) is 0.0738. The van der Waals surface area contributed by atoms with Crippen molar-refractivity contribution in [1.82, 2.24) is 0 Å². The van der Waals surface area contributed by atoms with Gasteiger partial charge >= 0.3 is 0 Å². The molecule has 16 aliphatic carbocycles. The van der Waals surface area contributed by atoms with Crippen LogP contribution in [0.5, 0.6) is 0 Å². The van der Waals surface area contributed by atoms with E-state index < -0.39 is 0 Å². The van der Waals surface area contributed by atoms with Gasteiger partial charge < -0.3 is 51.6 Å². The summed E-state index contributed by atoms with van der Waals surface area (Å²) in [4.78, 5) is 0. The van der Waals surface area contributed by atoms with Crippen LogP contribution in [-0.4, -0.2) is 35.7 Å². The Morgan fingerprint density at radius 3 is 1.02 bits per heavy atom. The minimum Gasteiger partial charge on any atom is -0.327 e. The topological polar surface area (TPSA) is 234 Å². The van der Waals surface area contributed by atoms with Gasteiger partial charge in [0.2, 0.25) is 0 Å². The molecule has 0 saturated heterocycles. The third kappa shape index (κ3) is 19.9. The smallest absolute Gasteiger partial charge is 0.0411 e. The van der Waals surface area contributed by atoms with E-state index >= 15 is 0 Å². The van der Waals surface area contributed by atoms with Crippen molar-refractivity contribution in [2.45, 2.75) is 263 Å². The summed E-state index contributed by atoms with van der Waals surface area (Å²) >= 11 is 0. The molecule has 10 unspecified atom stereocenters. The second-order valence-electron chi connectivity index (χ2n) is 33.8. The second-order valence-corrected chi connectivity index (χ2v) is 33.8. The summed E-state index contributed by atoms with van der Waals surface area (Å²) in [5.41, 5.74) is 62.7. The Hall–Kier alpha value is -5.04. The lowest BCUT2D eigenvalue weighted by Crippen LogP contribution is -2.55. The SMILES string of the molecule is NC(c1ccccc1)C1CC1.NC1(c2ccccc2)CC1.NC1(c2ccccc2)CCC1.NC12CC3CC(CC(C3)C1)C2.NC1C2CC3CC(C2)CC1C3.NC1CC1c1ccccc1.NC1CC2CCC1C2.NC1CCCC1c1ccccc1.NC1CCCCC1c1ccccc1. The van der Waals surface area contributed by atoms with Crippen LogP contribution in [0.25, 0.3) is 0 Å². The molecule has 97 heavy (non-hydrogen) atoms. The van der Waals surface area contributed by atoms with Crippen molar-refractivity contribution >= 4 is 0 Å². The summed E-state index contributed by atoms with van der Waals surface area (Å²) in [6, 6.07) is 65.6. The normalized spacial score (nSPS) is 35.3. The Balaban J connectivity index is 0.000000104. The number of hydrogen-bond acceptors (Lipinski definition) is 9. The maximum atomic E-state index is 6.32. The van der Waals surface area contributed by atoms with E-state index in [1.165, 1.54) is 194 Å². The van der Waals surface area contributed by atoms with Crippen molar-refractivity contribution in [1.29, 1.82) is 0 Å². The van der Waals surface area contributed by atoms with E-state index in [-0.39, 0.29) is 17.1 Å². The van der Waals surface area contributed by atoms with Crippen LogP contribution in [0, 0.1) is 59.2 Å². The zero-order chi connectivity index (χ0) is 67.4. The van der Waals surface area contributed by atoms with Gasteiger partial charge in [0, 0.05) is 58.8 Å². The average molecular weight is 1310 g/mol. The van der Waals surface area contributed by atoms with Crippen LogP contribution in [-0.2, 0) is 11.1 Å². The first-order chi connectivity index (χ1) is 47.1. The summed E-state index contributed by atoms with van der Waals surface area (Å²) in [6.07, 6.45) is 40.2. The summed E-state index contributed by atoms with van der Waals surface area (Å²) in [7, 11) is 0. The highest BCUT2D eigenvalue weighted by atomic mass is 14.8. The number of fused-ring (bicyclic) bond motifs is 2. The van der Waals surface area contributed by atoms with E-state index in [0.717, 1.165) is 84.9 Å². The van der Waals surface area contributed by atoms with Gasteiger partial charge in [-0.1, -0.05) is 208 Å². The molecule has 6 aromatic carbocycles. The van der Waals surface area contributed by atoms with Gasteiger partial charge in [0.1, 0.15) is 0 Å². The molecule has 0 radical (unpaired) electrons. The molecule has 6 aromatic rings. The average Bonchev–Trinajstić information content (AvgIpc) is 1.71. The van der Waals surface area contributed by atoms with Crippen LogP contribution in [0.1, 0.15) is 250 Å². The molecule has 16 aliphatic rings. The first kappa shape index (κ1) is 71.8. The van der Waals surface area contributed by atoms with E-state index in [9.17, 15) is 0 Å². The van der Waals surface area contributed by atoms with Crippen LogP contribution < -0.4 is 51.6 Å². The standard InChI is InChI=1S/C12H17N.C11H15N.2C10H17N.2C10H13N.2C9H11N.C7H13N/c13-12-9-5-4-8-11(12)10-6-2-1-3-7-10;12-11-8-4-7-10(11)9-5-2-1-3-6-9;11-10-4-7-1-8(5-10)3-9(2-7)6-10;11-10-8-2-6-1-7(4-8)5-9(10)3-6;11-10(7-4-8-10)9-5-2-1-3-6-9;11-10(9-6-7-9)8-4-2-1-3-5-8;10-9(6-7-9)8-4-2-1-3-5-8;10-9-6-8(9)7-4-2-1-3-5-7;8-7-4-5-1-2-6(7)3-5/h1-3,6-7,11-12H,4-5,8-9,13H2;1-3,5-6,10-11H,4,7-8,12H2;7-9H,1-6,11H2;6-10H,1-5,11H2;1-3,5-6H,4,7-8,11H2;1-5,9-10H,6-7,11H2;1-5H,6-7,10H2;1-5,8-9H,6,10H2;5-7H,1-4,8H2. The Morgan fingerprint density at radius 2 is 0.680 bits per heavy atom. The van der Waals surface area contributed by atoms with Crippen molar-refractivity contribution in [2.24, 2.45) is 111 Å². The molecule has 0 heterocycles. The minimum absolute atomic E-state index is 0.0151. The van der Waals surface area contributed by atoms with Gasteiger partial charge in [-0.25, -0.2) is 0 Å². The van der Waals surface area contributed by atoms with Crippen molar-refractivity contribution in [3.8, 4) is 0 Å². The van der Waals surface area contributed by atoms with E-state index in [1.807, 2.05) is 36.4 Å². The number of rotatable bonds is 7. The summed E-state index contributed by atoms with van der Waals surface area (Å²) < 4.78 is 0. The third-order valence-electron chi connectivity index (χ3n) is 26.1. The summed E-state index contributed by atoms with van der Waals surface area (Å²) in [5, 5.41) is 0. The molecule has 0 aliphatic heterocycles. The van der Waals surface area contributed by atoms with E-state index in [1.54, 1.807) is 6.42 Å². The Labute approximate surface area is 586 Å². The Kier molecular flexibility index (Phi) is 24.9. The van der Waals surface area contributed by atoms with Gasteiger partial charge in [-0.05, 0) is 271 Å². The highest BCUT2D eigenvalue weighted by molar-refractivity contribution is 5.30. The Morgan fingerprint density at radius 1 is 0.299 bits per heavy atom. The zero-order valence-electron chi connectivity index (χ0n) is 59.2. The van der Waals surface area contributed by atoms with E-state index in [0.29, 0.717) is 53.5 Å². The highest BCUT2D eigenvalue weighted by Crippen LogP contribution is 2.55. The molecular formula is C88H127N9. The van der Waals surface area contributed by atoms with Crippen molar-refractivity contribution in [3.05, 3.63) is 215 Å². The zero-order valence-corrected chi connectivity index (χ0v) is 59.2. The van der Waals surface area contributed by atoms with Crippen LogP contribution in [0.15, 0.2) is 182 Å². The van der Waals surface area contributed by atoms with Crippen LogP contribution in [0.2, 0.25) is 0 Å². The second kappa shape index (κ2) is 33.6. The molecular weight excluding hydrogens is 1180 g/mol. The van der Waals surface area contributed by atoms with E-state index in [2.05, 4.69) is 146 Å².